The van der Waals surface area contributed by atoms with Crippen molar-refractivity contribution in [3.05, 3.63) is 12.2 Å². The van der Waals surface area contributed by atoms with Crippen LogP contribution in [0.1, 0.15) is 33.1 Å². The third-order valence-electron chi connectivity index (χ3n) is 2.78. The molecule has 0 aromatic rings. The van der Waals surface area contributed by atoms with E-state index in [0.717, 1.165) is 24.4 Å². The average molecular weight is 209 g/mol. The second-order valence-electron chi connectivity index (χ2n) is 4.15. The molecule has 0 aliphatic carbocycles. The molecule has 0 bridgehead atoms. The molecule has 1 rings (SSSR count). The van der Waals surface area contributed by atoms with Crippen LogP contribution >= 0.6 is 0 Å². The summed E-state index contributed by atoms with van der Waals surface area (Å²) in [6.45, 7) is 12.4. The number of hydrogen-bond acceptors (Lipinski definition) is 3. The zero-order chi connectivity index (χ0) is 11.1. The molecule has 0 radical (unpaired) electrons. The molecule has 0 amide bonds. The third-order valence-corrected chi connectivity index (χ3v) is 2.78. The molecular weight excluding hydrogens is 186 g/mol. The van der Waals surface area contributed by atoms with Gasteiger partial charge in [0.2, 0.25) is 0 Å². The van der Waals surface area contributed by atoms with Gasteiger partial charge in [0.15, 0.2) is 0 Å². The zero-order valence-corrected chi connectivity index (χ0v) is 10.1. The van der Waals surface area contributed by atoms with E-state index < -0.39 is 0 Å². The van der Waals surface area contributed by atoms with Crippen LogP contribution in [0.2, 0.25) is 0 Å². The van der Waals surface area contributed by atoms with Gasteiger partial charge in [0, 0.05) is 13.1 Å². The summed E-state index contributed by atoms with van der Waals surface area (Å²) < 4.78 is 0. The van der Waals surface area contributed by atoms with E-state index in [2.05, 4.69) is 22.0 Å². The van der Waals surface area contributed by atoms with E-state index in [1.54, 1.807) is 0 Å². The molecule has 0 unspecified atom stereocenters. The third kappa shape index (κ3) is 4.47. The Labute approximate surface area is 93.2 Å². The molecule has 0 saturated carbocycles. The largest absolute Gasteiger partial charge is 0.310 e. The predicted molar refractivity (Wildman–Crippen MR) is 66.2 cm³/mol. The van der Waals surface area contributed by atoms with Crippen molar-refractivity contribution in [3.63, 3.8) is 0 Å². The first-order valence-electron chi connectivity index (χ1n) is 5.91. The highest BCUT2D eigenvalue weighted by atomic mass is 15.3. The molecule has 1 saturated heterocycles. The predicted octanol–water partition coefficient (Wildman–Crippen LogP) is 2.01. The zero-order valence-electron chi connectivity index (χ0n) is 10.1. The van der Waals surface area contributed by atoms with Gasteiger partial charge >= 0.3 is 0 Å². The van der Waals surface area contributed by atoms with Gasteiger partial charge in [-0.15, -0.1) is 0 Å². The van der Waals surface area contributed by atoms with Crippen molar-refractivity contribution in [3.8, 4) is 0 Å². The topological polar surface area (TPSA) is 27.6 Å². The Morgan fingerprint density at radius 3 is 2.60 bits per heavy atom. The molecule has 15 heavy (non-hydrogen) atoms. The lowest BCUT2D eigenvalue weighted by Crippen LogP contribution is -2.32. The fourth-order valence-electron chi connectivity index (χ4n) is 1.78. The average Bonchev–Trinajstić information content (AvgIpc) is 2.27. The summed E-state index contributed by atoms with van der Waals surface area (Å²) in [6, 6.07) is 0. The van der Waals surface area contributed by atoms with Gasteiger partial charge in [0.25, 0.3) is 0 Å². The lowest BCUT2D eigenvalue weighted by molar-refractivity contribution is 0.249. The summed E-state index contributed by atoms with van der Waals surface area (Å²) in [5, 5.41) is 4.25. The molecule has 3 heteroatoms. The summed E-state index contributed by atoms with van der Waals surface area (Å²) in [5.74, 6) is 0. The molecule has 1 aliphatic heterocycles. The molecule has 3 nitrogen and oxygen atoms in total. The van der Waals surface area contributed by atoms with Gasteiger partial charge in [0.1, 0.15) is 0 Å². The minimum atomic E-state index is 0.869. The maximum atomic E-state index is 4.25. The Morgan fingerprint density at radius 1 is 1.33 bits per heavy atom. The number of likely N-dealkylation sites (tertiary alicyclic amines) is 1. The van der Waals surface area contributed by atoms with Crippen LogP contribution < -0.4 is 5.43 Å². The first-order chi connectivity index (χ1) is 7.24. The molecule has 1 aliphatic rings. The van der Waals surface area contributed by atoms with E-state index in [0.29, 0.717) is 0 Å². The maximum Gasteiger partial charge on any atom is 0.0611 e. The summed E-state index contributed by atoms with van der Waals surface area (Å²) in [6.07, 6.45) is 4.04. The fourth-order valence-corrected chi connectivity index (χ4v) is 1.78. The quantitative estimate of drug-likeness (QED) is 0.554. The van der Waals surface area contributed by atoms with Crippen LogP contribution in [-0.4, -0.2) is 36.8 Å². The Kier molecular flexibility index (Phi) is 5.40. The molecule has 1 heterocycles. The van der Waals surface area contributed by atoms with Gasteiger partial charge in [-0.2, -0.15) is 5.10 Å². The Hall–Kier alpha value is -0.830. The van der Waals surface area contributed by atoms with Crippen LogP contribution in [-0.2, 0) is 0 Å². The summed E-state index contributed by atoms with van der Waals surface area (Å²) >= 11 is 0. The van der Waals surface area contributed by atoms with E-state index in [1.165, 1.54) is 32.4 Å². The molecule has 0 aromatic carbocycles. The highest BCUT2D eigenvalue weighted by Crippen LogP contribution is 2.10. The summed E-state index contributed by atoms with van der Waals surface area (Å²) in [5.41, 5.74) is 5.14. The van der Waals surface area contributed by atoms with E-state index in [9.17, 15) is 0 Å². The molecule has 0 atom stereocenters. The number of nitrogens with zero attached hydrogens (tertiary/aromatic N) is 2. The summed E-state index contributed by atoms with van der Waals surface area (Å²) in [7, 11) is 0. The normalized spacial score (nSPS) is 18.9. The van der Waals surface area contributed by atoms with Crippen LogP contribution in [0.15, 0.2) is 17.3 Å². The standard InChI is InChI=1S/C12H23N3/c1-4-13-14-12(3)11(2)10-15-8-6-5-7-9-15/h13H,2,4-10H2,1,3H3/b14-12-. The van der Waals surface area contributed by atoms with Crippen molar-refractivity contribution in [2.75, 3.05) is 26.2 Å². The smallest absolute Gasteiger partial charge is 0.0611 e. The van der Waals surface area contributed by atoms with Crippen molar-refractivity contribution >= 4 is 5.71 Å². The lowest BCUT2D eigenvalue weighted by Gasteiger charge is -2.27. The first kappa shape index (κ1) is 12.2. The first-order valence-corrected chi connectivity index (χ1v) is 5.91. The van der Waals surface area contributed by atoms with E-state index in [1.807, 2.05) is 13.8 Å². The lowest BCUT2D eigenvalue weighted by atomic mass is 10.1. The van der Waals surface area contributed by atoms with Crippen molar-refractivity contribution in [1.29, 1.82) is 0 Å². The molecule has 0 spiro atoms. The van der Waals surface area contributed by atoms with Gasteiger partial charge in [-0.05, 0) is 45.4 Å². The highest BCUT2D eigenvalue weighted by Gasteiger charge is 2.11. The Morgan fingerprint density at radius 2 is 2.00 bits per heavy atom. The van der Waals surface area contributed by atoms with Crippen LogP contribution in [0.4, 0.5) is 0 Å². The van der Waals surface area contributed by atoms with E-state index in [-0.39, 0.29) is 0 Å². The van der Waals surface area contributed by atoms with Crippen molar-refractivity contribution in [2.45, 2.75) is 33.1 Å². The molecule has 0 aromatic heterocycles. The molecule has 86 valence electrons. The SMILES string of the molecule is C=C(CN1CCCCC1)/C(C)=N\NCC. The van der Waals surface area contributed by atoms with Crippen LogP contribution in [0.3, 0.4) is 0 Å². The second kappa shape index (κ2) is 6.62. The van der Waals surface area contributed by atoms with Crippen molar-refractivity contribution < 1.29 is 0 Å². The highest BCUT2D eigenvalue weighted by molar-refractivity contribution is 5.97. The molecule has 1 N–H and O–H groups in total. The van der Waals surface area contributed by atoms with Crippen LogP contribution in [0.5, 0.6) is 0 Å². The van der Waals surface area contributed by atoms with Crippen LogP contribution in [0, 0.1) is 0 Å². The van der Waals surface area contributed by atoms with Gasteiger partial charge in [0.05, 0.1) is 5.71 Å². The van der Waals surface area contributed by atoms with Gasteiger partial charge in [-0.3, -0.25) is 4.90 Å². The maximum absolute atomic E-state index is 4.25. The molecular formula is C12H23N3. The Bertz CT molecular complexity index is 227. The number of piperidine rings is 1. The summed E-state index contributed by atoms with van der Waals surface area (Å²) in [4.78, 5) is 2.47. The number of hydrogen-bond donors (Lipinski definition) is 1. The van der Waals surface area contributed by atoms with E-state index >= 15 is 0 Å². The minimum absolute atomic E-state index is 0.869. The number of rotatable bonds is 5. The van der Waals surface area contributed by atoms with Gasteiger partial charge in [-0.1, -0.05) is 13.0 Å². The van der Waals surface area contributed by atoms with Crippen molar-refractivity contribution in [1.82, 2.24) is 10.3 Å². The second-order valence-corrected chi connectivity index (χ2v) is 4.15. The van der Waals surface area contributed by atoms with Gasteiger partial charge in [-0.25, -0.2) is 0 Å². The van der Waals surface area contributed by atoms with Crippen LogP contribution in [0.25, 0.3) is 0 Å². The molecule has 1 fully saturated rings. The Balaban J connectivity index is 2.33. The van der Waals surface area contributed by atoms with Crippen molar-refractivity contribution in [2.24, 2.45) is 5.10 Å². The van der Waals surface area contributed by atoms with E-state index in [4.69, 9.17) is 0 Å². The van der Waals surface area contributed by atoms with Gasteiger partial charge < -0.3 is 5.43 Å². The minimum Gasteiger partial charge on any atom is -0.310 e. The monoisotopic (exact) mass is 209 g/mol. The number of nitrogens with one attached hydrogen (secondary N) is 1. The number of hydrazone groups is 1. The fraction of sp³-hybridized carbons (Fsp3) is 0.750.